The minimum atomic E-state index is -3.38. The number of aliphatic hydroxyl groups excluding tert-OH is 1. The molecule has 0 spiro atoms. The van der Waals surface area contributed by atoms with Crippen molar-refractivity contribution in [1.29, 1.82) is 0 Å². The van der Waals surface area contributed by atoms with Gasteiger partial charge in [-0.15, -0.1) is 0 Å². The van der Waals surface area contributed by atoms with Crippen molar-refractivity contribution in [3.63, 3.8) is 0 Å². The molecule has 1 aliphatic rings. The molecule has 0 bridgehead atoms. The maximum atomic E-state index is 11.8. The highest BCUT2D eigenvalue weighted by atomic mass is 32.2. The van der Waals surface area contributed by atoms with Crippen LogP contribution in [0.25, 0.3) is 0 Å². The summed E-state index contributed by atoms with van der Waals surface area (Å²) in [6.07, 6.45) is 1.06. The molecule has 2 N–H and O–H groups in total. The van der Waals surface area contributed by atoms with Gasteiger partial charge in [0, 0.05) is 26.7 Å². The molecular weight excluding hydrogens is 244 g/mol. The van der Waals surface area contributed by atoms with E-state index in [2.05, 4.69) is 4.72 Å². The van der Waals surface area contributed by atoms with Crippen molar-refractivity contribution in [3.05, 3.63) is 0 Å². The summed E-state index contributed by atoms with van der Waals surface area (Å²) in [7, 11) is -1.85. The van der Waals surface area contributed by atoms with Gasteiger partial charge in [0.15, 0.2) is 0 Å². The molecule has 0 amide bonds. The van der Waals surface area contributed by atoms with E-state index < -0.39 is 10.2 Å². The molecule has 0 saturated carbocycles. The average Bonchev–Trinajstić information content (AvgIpc) is 2.29. The Morgan fingerprint density at radius 1 is 1.47 bits per heavy atom. The maximum absolute atomic E-state index is 11.8. The van der Waals surface area contributed by atoms with Gasteiger partial charge in [-0.25, -0.2) is 0 Å². The molecule has 1 saturated heterocycles. The van der Waals surface area contributed by atoms with Gasteiger partial charge >= 0.3 is 0 Å². The summed E-state index contributed by atoms with van der Waals surface area (Å²) < 4.78 is 32.4. The number of ether oxygens (including phenoxy) is 1. The van der Waals surface area contributed by atoms with Crippen molar-refractivity contribution in [3.8, 4) is 0 Å². The second kappa shape index (κ2) is 6.65. The van der Waals surface area contributed by atoms with E-state index >= 15 is 0 Å². The van der Waals surface area contributed by atoms with Crippen LogP contribution in [0.3, 0.4) is 0 Å². The molecule has 0 aromatic carbocycles. The minimum Gasteiger partial charge on any atom is -0.393 e. The lowest BCUT2D eigenvalue weighted by Gasteiger charge is -2.32. The first-order valence-corrected chi connectivity index (χ1v) is 7.33. The van der Waals surface area contributed by atoms with Crippen LogP contribution in [0.4, 0.5) is 0 Å². The zero-order valence-electron chi connectivity index (χ0n) is 10.4. The van der Waals surface area contributed by atoms with Gasteiger partial charge in [0.25, 0.3) is 10.2 Å². The van der Waals surface area contributed by atoms with Gasteiger partial charge in [-0.2, -0.15) is 17.4 Å². The first-order chi connectivity index (χ1) is 7.97. The molecular formula is C10H22N2O4S. The summed E-state index contributed by atoms with van der Waals surface area (Å²) in [6.45, 7) is 3.35. The molecule has 1 atom stereocenters. The third kappa shape index (κ3) is 4.51. The Labute approximate surface area is 103 Å². The predicted molar refractivity (Wildman–Crippen MR) is 64.8 cm³/mol. The summed E-state index contributed by atoms with van der Waals surface area (Å²) >= 11 is 0. The highest BCUT2D eigenvalue weighted by Gasteiger charge is 2.29. The van der Waals surface area contributed by atoms with Crippen LogP contribution in [0.15, 0.2) is 0 Å². The highest BCUT2D eigenvalue weighted by molar-refractivity contribution is 7.87. The van der Waals surface area contributed by atoms with Gasteiger partial charge in [0.1, 0.15) is 0 Å². The van der Waals surface area contributed by atoms with Crippen LogP contribution in [-0.4, -0.2) is 57.3 Å². The molecule has 0 aliphatic carbocycles. The smallest absolute Gasteiger partial charge is 0.279 e. The third-order valence-electron chi connectivity index (χ3n) is 3.11. The summed E-state index contributed by atoms with van der Waals surface area (Å²) in [5.41, 5.74) is 0. The Balaban J connectivity index is 2.41. The van der Waals surface area contributed by atoms with Crippen molar-refractivity contribution in [2.75, 3.05) is 33.4 Å². The number of methoxy groups -OCH3 is 1. The number of rotatable bonds is 6. The quantitative estimate of drug-likeness (QED) is 0.639. The van der Waals surface area contributed by atoms with Crippen LogP contribution in [0.5, 0.6) is 0 Å². The molecule has 1 heterocycles. The van der Waals surface area contributed by atoms with Crippen LogP contribution in [0.1, 0.15) is 19.8 Å². The molecule has 102 valence electrons. The molecule has 7 heteroatoms. The van der Waals surface area contributed by atoms with E-state index in [-0.39, 0.29) is 18.6 Å². The fraction of sp³-hybridized carbons (Fsp3) is 1.00. The molecule has 6 nitrogen and oxygen atoms in total. The van der Waals surface area contributed by atoms with Gasteiger partial charge in [0.05, 0.1) is 12.7 Å². The average molecular weight is 266 g/mol. The Kier molecular flexibility index (Phi) is 5.81. The second-order valence-electron chi connectivity index (χ2n) is 4.37. The Bertz CT molecular complexity index is 310. The zero-order chi connectivity index (χ0) is 12.9. The van der Waals surface area contributed by atoms with E-state index in [1.807, 2.05) is 0 Å². The van der Waals surface area contributed by atoms with Crippen LogP contribution < -0.4 is 4.72 Å². The molecule has 0 aromatic rings. The molecule has 0 aromatic heterocycles. The normalized spacial score (nSPS) is 21.6. The van der Waals surface area contributed by atoms with Gasteiger partial charge in [-0.05, 0) is 25.7 Å². The molecule has 1 fully saturated rings. The molecule has 1 rings (SSSR count). The highest BCUT2D eigenvalue weighted by Crippen LogP contribution is 2.21. The lowest BCUT2D eigenvalue weighted by atomic mass is 9.93. The van der Waals surface area contributed by atoms with Gasteiger partial charge < -0.3 is 9.84 Å². The molecule has 17 heavy (non-hydrogen) atoms. The fourth-order valence-corrected chi connectivity index (χ4v) is 3.18. The first-order valence-electron chi connectivity index (χ1n) is 5.89. The third-order valence-corrected chi connectivity index (χ3v) is 4.73. The number of hydrogen-bond acceptors (Lipinski definition) is 4. The number of nitrogens with zero attached hydrogens (tertiary/aromatic N) is 1. The van der Waals surface area contributed by atoms with Crippen molar-refractivity contribution in [2.45, 2.75) is 25.9 Å². The maximum Gasteiger partial charge on any atom is 0.279 e. The summed E-state index contributed by atoms with van der Waals surface area (Å²) in [6, 6.07) is 0. The summed E-state index contributed by atoms with van der Waals surface area (Å²) in [4.78, 5) is 0. The van der Waals surface area contributed by atoms with Gasteiger partial charge in [-0.3, -0.25) is 0 Å². The lowest BCUT2D eigenvalue weighted by molar-refractivity contribution is 0.0908. The van der Waals surface area contributed by atoms with Crippen LogP contribution >= 0.6 is 0 Å². The van der Waals surface area contributed by atoms with Crippen LogP contribution in [0, 0.1) is 5.92 Å². The van der Waals surface area contributed by atoms with Crippen molar-refractivity contribution in [1.82, 2.24) is 9.03 Å². The van der Waals surface area contributed by atoms with Crippen LogP contribution in [-0.2, 0) is 14.9 Å². The lowest BCUT2D eigenvalue weighted by Crippen LogP contribution is -2.46. The Morgan fingerprint density at radius 2 is 2.06 bits per heavy atom. The van der Waals surface area contributed by atoms with E-state index in [4.69, 9.17) is 4.74 Å². The second-order valence-corrected chi connectivity index (χ2v) is 6.12. The van der Waals surface area contributed by atoms with E-state index in [9.17, 15) is 13.5 Å². The molecule has 1 unspecified atom stereocenters. The number of aliphatic hydroxyl groups is 1. The van der Waals surface area contributed by atoms with E-state index in [0.29, 0.717) is 32.5 Å². The van der Waals surface area contributed by atoms with Crippen molar-refractivity contribution < 1.29 is 18.3 Å². The standard InChI is InChI=1S/C10H22N2O4S/c1-9(13)10-3-6-12(7-4-10)17(14,15)11-5-8-16-2/h9-11,13H,3-8H2,1-2H3. The van der Waals surface area contributed by atoms with Gasteiger partial charge in [0.2, 0.25) is 0 Å². The first kappa shape index (κ1) is 14.8. The van der Waals surface area contributed by atoms with E-state index in [0.717, 1.165) is 0 Å². The van der Waals surface area contributed by atoms with Crippen molar-refractivity contribution >= 4 is 10.2 Å². The minimum absolute atomic E-state index is 0.209. The summed E-state index contributed by atoms with van der Waals surface area (Å²) in [5, 5.41) is 9.44. The van der Waals surface area contributed by atoms with Crippen LogP contribution in [0.2, 0.25) is 0 Å². The summed E-state index contributed by atoms with van der Waals surface area (Å²) in [5.74, 6) is 0.209. The molecule has 0 radical (unpaired) electrons. The SMILES string of the molecule is COCCNS(=O)(=O)N1CCC(C(C)O)CC1. The fourth-order valence-electron chi connectivity index (χ4n) is 1.96. The number of piperidine rings is 1. The van der Waals surface area contributed by atoms with E-state index in [1.165, 1.54) is 11.4 Å². The Hall–Kier alpha value is -0.210. The van der Waals surface area contributed by atoms with Gasteiger partial charge in [-0.1, -0.05) is 0 Å². The predicted octanol–water partition coefficient (Wildman–Crippen LogP) is -0.440. The largest absolute Gasteiger partial charge is 0.393 e. The molecule has 1 aliphatic heterocycles. The monoisotopic (exact) mass is 266 g/mol. The van der Waals surface area contributed by atoms with Crippen molar-refractivity contribution in [2.24, 2.45) is 5.92 Å². The topological polar surface area (TPSA) is 78.9 Å². The number of hydrogen-bond donors (Lipinski definition) is 2. The Morgan fingerprint density at radius 3 is 2.53 bits per heavy atom. The number of nitrogens with one attached hydrogen (secondary N) is 1. The van der Waals surface area contributed by atoms with E-state index in [1.54, 1.807) is 6.92 Å². The zero-order valence-corrected chi connectivity index (χ0v) is 11.2.